The molecule has 1 aliphatic rings. The van der Waals surface area contributed by atoms with Crippen molar-refractivity contribution in [3.05, 3.63) is 65.5 Å². The molecule has 4 rings (SSSR count). The molecule has 2 aromatic heterocycles. The van der Waals surface area contributed by atoms with Crippen LogP contribution in [-0.4, -0.2) is 45.5 Å². The molecule has 0 aliphatic carbocycles. The Bertz CT molecular complexity index is 983. The predicted molar refractivity (Wildman–Crippen MR) is 117 cm³/mol. The quantitative estimate of drug-likeness (QED) is 0.684. The summed E-state index contributed by atoms with van der Waals surface area (Å²) in [6.07, 6.45) is 2.73. The number of aromatic nitrogens is 4. The van der Waals surface area contributed by atoms with Gasteiger partial charge in [0.25, 0.3) is 0 Å². The molecular formula is C23H28N6O. The summed E-state index contributed by atoms with van der Waals surface area (Å²) in [4.78, 5) is 14.8. The highest BCUT2D eigenvalue weighted by atomic mass is 16.1. The van der Waals surface area contributed by atoms with E-state index in [1.165, 1.54) is 5.56 Å². The normalized spacial score (nSPS) is 16.5. The Morgan fingerprint density at radius 3 is 2.57 bits per heavy atom. The van der Waals surface area contributed by atoms with Gasteiger partial charge >= 0.3 is 0 Å². The van der Waals surface area contributed by atoms with Crippen molar-refractivity contribution in [2.24, 2.45) is 5.92 Å². The minimum absolute atomic E-state index is 0.0213. The first-order chi connectivity index (χ1) is 14.6. The second-order valence-electron chi connectivity index (χ2n) is 7.90. The van der Waals surface area contributed by atoms with Crippen LogP contribution in [0.3, 0.4) is 0 Å². The van der Waals surface area contributed by atoms with E-state index in [2.05, 4.69) is 37.6 Å². The SMILES string of the molecule is Cc1cc(C)n(-c2ccc(N3CCCC(C(=O)NCCc4ccccc4)C3)nn2)n1. The Morgan fingerprint density at radius 2 is 1.87 bits per heavy atom. The molecule has 7 nitrogen and oxygen atoms in total. The van der Waals surface area contributed by atoms with Crippen molar-refractivity contribution in [2.75, 3.05) is 24.5 Å². The van der Waals surface area contributed by atoms with Gasteiger partial charge < -0.3 is 10.2 Å². The van der Waals surface area contributed by atoms with E-state index >= 15 is 0 Å². The zero-order chi connectivity index (χ0) is 20.9. The van der Waals surface area contributed by atoms with E-state index in [4.69, 9.17) is 0 Å². The highest BCUT2D eigenvalue weighted by molar-refractivity contribution is 5.79. The number of carbonyl (C=O) groups is 1. The molecule has 1 atom stereocenters. The number of hydrogen-bond acceptors (Lipinski definition) is 5. The molecule has 1 saturated heterocycles. The number of nitrogens with one attached hydrogen (secondary N) is 1. The van der Waals surface area contributed by atoms with E-state index in [-0.39, 0.29) is 11.8 Å². The van der Waals surface area contributed by atoms with E-state index < -0.39 is 0 Å². The average molecular weight is 405 g/mol. The molecule has 156 valence electrons. The maximum absolute atomic E-state index is 12.7. The fraction of sp³-hybridized carbons (Fsp3) is 0.391. The molecule has 1 N–H and O–H groups in total. The molecule has 0 radical (unpaired) electrons. The molecule has 3 aromatic rings. The number of anilines is 1. The summed E-state index contributed by atoms with van der Waals surface area (Å²) in [7, 11) is 0. The zero-order valence-corrected chi connectivity index (χ0v) is 17.6. The first-order valence-electron chi connectivity index (χ1n) is 10.5. The highest BCUT2D eigenvalue weighted by Gasteiger charge is 2.26. The van der Waals surface area contributed by atoms with Gasteiger partial charge in [-0.15, -0.1) is 10.2 Å². The Labute approximate surface area is 177 Å². The van der Waals surface area contributed by atoms with E-state index in [1.54, 1.807) is 4.68 Å². The minimum atomic E-state index is -0.0213. The number of hydrogen-bond donors (Lipinski definition) is 1. The van der Waals surface area contributed by atoms with E-state index in [0.29, 0.717) is 18.9 Å². The Morgan fingerprint density at radius 1 is 1.10 bits per heavy atom. The highest BCUT2D eigenvalue weighted by Crippen LogP contribution is 2.22. The fourth-order valence-corrected chi connectivity index (χ4v) is 3.98. The van der Waals surface area contributed by atoms with Crippen molar-refractivity contribution < 1.29 is 4.79 Å². The number of aryl methyl sites for hydroxylation is 2. The third-order valence-corrected chi connectivity index (χ3v) is 5.53. The van der Waals surface area contributed by atoms with Crippen molar-refractivity contribution in [1.82, 2.24) is 25.3 Å². The van der Waals surface area contributed by atoms with Crippen LogP contribution in [0.15, 0.2) is 48.5 Å². The Hall–Kier alpha value is -3.22. The van der Waals surface area contributed by atoms with E-state index in [9.17, 15) is 4.79 Å². The summed E-state index contributed by atoms with van der Waals surface area (Å²) in [5.41, 5.74) is 3.22. The predicted octanol–water partition coefficient (Wildman–Crippen LogP) is 2.85. The average Bonchev–Trinajstić information content (AvgIpc) is 3.12. The van der Waals surface area contributed by atoms with Crippen LogP contribution >= 0.6 is 0 Å². The van der Waals surface area contributed by atoms with Crippen molar-refractivity contribution in [1.29, 1.82) is 0 Å². The maximum atomic E-state index is 12.7. The van der Waals surface area contributed by atoms with Gasteiger partial charge in [-0.3, -0.25) is 4.79 Å². The first kappa shape index (κ1) is 20.1. The number of rotatable bonds is 6. The molecule has 1 unspecified atom stereocenters. The van der Waals surface area contributed by atoms with Crippen LogP contribution in [0.5, 0.6) is 0 Å². The summed E-state index contributed by atoms with van der Waals surface area (Å²) in [6.45, 7) is 6.19. The van der Waals surface area contributed by atoms with Crippen LogP contribution in [0.2, 0.25) is 0 Å². The standard InChI is InChI=1S/C23H28N6O/c1-17-15-18(2)29(27-17)22-11-10-21(25-26-22)28-14-6-9-20(16-28)23(30)24-13-12-19-7-4-3-5-8-19/h3-5,7-8,10-11,15,20H,6,9,12-14,16H2,1-2H3,(H,24,30). The molecule has 0 saturated carbocycles. The summed E-state index contributed by atoms with van der Waals surface area (Å²) >= 11 is 0. The molecule has 7 heteroatoms. The van der Waals surface area contributed by atoms with Gasteiger partial charge in [0, 0.05) is 25.3 Å². The Balaban J connectivity index is 1.34. The molecule has 1 fully saturated rings. The number of amides is 1. The fourth-order valence-electron chi connectivity index (χ4n) is 3.98. The van der Waals surface area contributed by atoms with Gasteiger partial charge in [0.05, 0.1) is 11.6 Å². The monoisotopic (exact) mass is 404 g/mol. The van der Waals surface area contributed by atoms with Crippen LogP contribution in [0.4, 0.5) is 5.82 Å². The third kappa shape index (κ3) is 4.67. The van der Waals surface area contributed by atoms with E-state index in [1.807, 2.05) is 50.2 Å². The van der Waals surface area contributed by atoms with Crippen molar-refractivity contribution in [3.8, 4) is 5.82 Å². The van der Waals surface area contributed by atoms with Crippen molar-refractivity contribution >= 4 is 11.7 Å². The van der Waals surface area contributed by atoms with Gasteiger partial charge in [0.1, 0.15) is 0 Å². The van der Waals surface area contributed by atoms with Gasteiger partial charge in [0.2, 0.25) is 5.91 Å². The minimum Gasteiger partial charge on any atom is -0.355 e. The molecular weight excluding hydrogens is 376 g/mol. The van der Waals surface area contributed by atoms with Gasteiger partial charge in [0.15, 0.2) is 11.6 Å². The van der Waals surface area contributed by atoms with Crippen molar-refractivity contribution in [3.63, 3.8) is 0 Å². The summed E-state index contributed by atoms with van der Waals surface area (Å²) in [5.74, 6) is 1.62. The van der Waals surface area contributed by atoms with Crippen LogP contribution in [-0.2, 0) is 11.2 Å². The summed E-state index contributed by atoms with van der Waals surface area (Å²) in [5, 5.41) is 16.3. The summed E-state index contributed by atoms with van der Waals surface area (Å²) < 4.78 is 1.80. The van der Waals surface area contributed by atoms with Crippen LogP contribution in [0, 0.1) is 19.8 Å². The lowest BCUT2D eigenvalue weighted by atomic mass is 9.97. The van der Waals surface area contributed by atoms with Gasteiger partial charge in [-0.2, -0.15) is 5.10 Å². The smallest absolute Gasteiger partial charge is 0.224 e. The third-order valence-electron chi connectivity index (χ3n) is 5.53. The number of benzene rings is 1. The molecule has 0 bridgehead atoms. The summed E-state index contributed by atoms with van der Waals surface area (Å²) in [6, 6.07) is 16.1. The van der Waals surface area contributed by atoms with Gasteiger partial charge in [-0.05, 0) is 56.9 Å². The van der Waals surface area contributed by atoms with Crippen LogP contribution in [0.1, 0.15) is 29.8 Å². The van der Waals surface area contributed by atoms with Crippen LogP contribution < -0.4 is 10.2 Å². The molecule has 1 aromatic carbocycles. The second kappa shape index (κ2) is 9.07. The molecule has 1 aliphatic heterocycles. The number of carbonyl (C=O) groups excluding carboxylic acids is 1. The first-order valence-corrected chi connectivity index (χ1v) is 10.5. The van der Waals surface area contributed by atoms with E-state index in [0.717, 1.165) is 43.0 Å². The molecule has 3 heterocycles. The molecule has 1 amide bonds. The second-order valence-corrected chi connectivity index (χ2v) is 7.90. The Kier molecular flexibility index (Phi) is 6.07. The van der Waals surface area contributed by atoms with Crippen molar-refractivity contribution in [2.45, 2.75) is 33.1 Å². The topological polar surface area (TPSA) is 75.9 Å². The molecule has 30 heavy (non-hydrogen) atoms. The largest absolute Gasteiger partial charge is 0.355 e. The zero-order valence-electron chi connectivity index (χ0n) is 17.6. The van der Waals surface area contributed by atoms with Gasteiger partial charge in [-0.25, -0.2) is 4.68 Å². The van der Waals surface area contributed by atoms with Gasteiger partial charge in [-0.1, -0.05) is 30.3 Å². The lowest BCUT2D eigenvalue weighted by Crippen LogP contribution is -2.43. The lowest BCUT2D eigenvalue weighted by molar-refractivity contribution is -0.125. The molecule has 0 spiro atoms. The maximum Gasteiger partial charge on any atom is 0.224 e. The van der Waals surface area contributed by atoms with Crippen LogP contribution in [0.25, 0.3) is 5.82 Å². The number of piperidine rings is 1. The lowest BCUT2D eigenvalue weighted by Gasteiger charge is -2.32. The number of nitrogens with zero attached hydrogens (tertiary/aromatic N) is 5.